The van der Waals surface area contributed by atoms with Crippen molar-refractivity contribution in [2.24, 2.45) is 0 Å². The second kappa shape index (κ2) is 4.30. The number of rotatable bonds is 3. The number of carbonyl (C=O) groups excluding carboxylic acids is 1. The zero-order valence-corrected chi connectivity index (χ0v) is 6.48. The maximum absolute atomic E-state index is 11.9. The van der Waals surface area contributed by atoms with Crippen LogP contribution in [0.15, 0.2) is 0 Å². The molecule has 1 atom stereocenters. The lowest BCUT2D eigenvalue weighted by molar-refractivity contribution is -0.163. The molecule has 0 aromatic carbocycles. The standard InChI is InChI=1S/C6H10F3NO2/c1-4(12)10-5(2-3-11)6(7,8)9/h5,11H,2-3H2,1H3,(H,10,12). The molecular formula is C6H10F3NO2. The monoisotopic (exact) mass is 185 g/mol. The first-order valence-corrected chi connectivity index (χ1v) is 3.32. The number of hydrogen-bond donors (Lipinski definition) is 2. The number of aliphatic hydroxyl groups is 1. The molecule has 0 heterocycles. The van der Waals surface area contributed by atoms with Crippen molar-refractivity contribution in [3.63, 3.8) is 0 Å². The van der Waals surface area contributed by atoms with Crippen LogP contribution in [0.5, 0.6) is 0 Å². The third kappa shape index (κ3) is 4.17. The lowest BCUT2D eigenvalue weighted by Crippen LogP contribution is -2.45. The summed E-state index contributed by atoms with van der Waals surface area (Å²) in [5, 5.41) is 9.96. The van der Waals surface area contributed by atoms with Gasteiger partial charge in [-0.2, -0.15) is 13.2 Å². The highest BCUT2D eigenvalue weighted by Crippen LogP contribution is 2.21. The summed E-state index contributed by atoms with van der Waals surface area (Å²) >= 11 is 0. The van der Waals surface area contributed by atoms with Gasteiger partial charge in [0.15, 0.2) is 0 Å². The molecule has 0 aliphatic carbocycles. The van der Waals surface area contributed by atoms with E-state index < -0.39 is 31.2 Å². The van der Waals surface area contributed by atoms with Crippen molar-refractivity contribution < 1.29 is 23.1 Å². The first-order valence-electron chi connectivity index (χ1n) is 3.32. The quantitative estimate of drug-likeness (QED) is 0.670. The Morgan fingerprint density at radius 2 is 2.08 bits per heavy atom. The highest BCUT2D eigenvalue weighted by Gasteiger charge is 2.39. The van der Waals surface area contributed by atoms with Crippen LogP contribution in [-0.2, 0) is 4.79 Å². The van der Waals surface area contributed by atoms with Crippen LogP contribution in [0.4, 0.5) is 13.2 Å². The molecule has 6 heteroatoms. The molecule has 0 bridgehead atoms. The molecule has 0 aliphatic heterocycles. The zero-order chi connectivity index (χ0) is 9.78. The smallest absolute Gasteiger partial charge is 0.396 e. The molecule has 0 radical (unpaired) electrons. The highest BCUT2D eigenvalue weighted by molar-refractivity contribution is 5.73. The number of aliphatic hydroxyl groups excluding tert-OH is 1. The lowest BCUT2D eigenvalue weighted by Gasteiger charge is -2.19. The van der Waals surface area contributed by atoms with Gasteiger partial charge in [-0.15, -0.1) is 0 Å². The summed E-state index contributed by atoms with van der Waals surface area (Å²) in [6, 6.07) is -1.94. The molecule has 0 aliphatic rings. The van der Waals surface area contributed by atoms with Crippen molar-refractivity contribution >= 4 is 5.91 Å². The largest absolute Gasteiger partial charge is 0.408 e. The maximum Gasteiger partial charge on any atom is 0.408 e. The van der Waals surface area contributed by atoms with Crippen LogP contribution >= 0.6 is 0 Å². The molecule has 0 rings (SSSR count). The number of hydrogen-bond acceptors (Lipinski definition) is 2. The summed E-state index contributed by atoms with van der Waals surface area (Å²) in [7, 11) is 0. The Labute approximate surface area is 67.6 Å². The van der Waals surface area contributed by atoms with Gasteiger partial charge in [0.1, 0.15) is 6.04 Å². The second-order valence-electron chi connectivity index (χ2n) is 2.31. The van der Waals surface area contributed by atoms with Gasteiger partial charge in [0.25, 0.3) is 0 Å². The average Bonchev–Trinajstić information content (AvgIpc) is 1.83. The lowest BCUT2D eigenvalue weighted by atomic mass is 10.2. The summed E-state index contributed by atoms with van der Waals surface area (Å²) < 4.78 is 35.8. The molecule has 0 aromatic rings. The van der Waals surface area contributed by atoms with Gasteiger partial charge in [-0.1, -0.05) is 0 Å². The van der Waals surface area contributed by atoms with Crippen molar-refractivity contribution in [1.29, 1.82) is 0 Å². The Morgan fingerprint density at radius 3 is 2.33 bits per heavy atom. The summed E-state index contributed by atoms with van der Waals surface area (Å²) in [6.45, 7) is 0.389. The van der Waals surface area contributed by atoms with Crippen LogP contribution < -0.4 is 5.32 Å². The van der Waals surface area contributed by atoms with Crippen LogP contribution in [0.3, 0.4) is 0 Å². The van der Waals surface area contributed by atoms with Crippen LogP contribution in [-0.4, -0.2) is 29.8 Å². The minimum Gasteiger partial charge on any atom is -0.396 e. The second-order valence-corrected chi connectivity index (χ2v) is 2.31. The van der Waals surface area contributed by atoms with Gasteiger partial charge in [0.05, 0.1) is 0 Å². The van der Waals surface area contributed by atoms with Crippen LogP contribution in [0.25, 0.3) is 0 Å². The SMILES string of the molecule is CC(=O)NC(CCO)C(F)(F)F. The number of nitrogens with one attached hydrogen (secondary N) is 1. The van der Waals surface area contributed by atoms with Gasteiger partial charge < -0.3 is 10.4 Å². The van der Waals surface area contributed by atoms with Gasteiger partial charge in [0, 0.05) is 13.5 Å². The number of amides is 1. The van der Waals surface area contributed by atoms with Crippen molar-refractivity contribution in [2.45, 2.75) is 25.6 Å². The van der Waals surface area contributed by atoms with E-state index in [-0.39, 0.29) is 0 Å². The van der Waals surface area contributed by atoms with Crippen molar-refractivity contribution in [3.05, 3.63) is 0 Å². The van der Waals surface area contributed by atoms with Crippen LogP contribution in [0.2, 0.25) is 0 Å². The maximum atomic E-state index is 11.9. The predicted molar refractivity (Wildman–Crippen MR) is 35.4 cm³/mol. The van der Waals surface area contributed by atoms with Crippen molar-refractivity contribution in [3.8, 4) is 0 Å². The molecule has 12 heavy (non-hydrogen) atoms. The Balaban J connectivity index is 4.13. The molecule has 0 spiro atoms. The molecule has 0 aromatic heterocycles. The fourth-order valence-corrected chi connectivity index (χ4v) is 0.692. The summed E-state index contributed by atoms with van der Waals surface area (Å²) in [5.41, 5.74) is 0. The number of alkyl halides is 3. The van der Waals surface area contributed by atoms with Gasteiger partial charge in [-0.25, -0.2) is 0 Å². The Bertz CT molecular complexity index is 157. The minimum absolute atomic E-state index is 0.511. The number of halogens is 3. The summed E-state index contributed by atoms with van der Waals surface area (Å²) in [4.78, 5) is 10.3. The normalized spacial score (nSPS) is 14.1. The van der Waals surface area contributed by atoms with E-state index in [2.05, 4.69) is 0 Å². The Kier molecular flexibility index (Phi) is 4.02. The third-order valence-electron chi connectivity index (χ3n) is 1.19. The van der Waals surface area contributed by atoms with Crippen molar-refractivity contribution in [2.75, 3.05) is 6.61 Å². The third-order valence-corrected chi connectivity index (χ3v) is 1.19. The van der Waals surface area contributed by atoms with E-state index in [9.17, 15) is 18.0 Å². The van der Waals surface area contributed by atoms with E-state index in [0.29, 0.717) is 0 Å². The molecule has 0 saturated carbocycles. The zero-order valence-electron chi connectivity index (χ0n) is 6.48. The molecular weight excluding hydrogens is 175 g/mol. The van der Waals surface area contributed by atoms with Gasteiger partial charge >= 0.3 is 6.18 Å². The topological polar surface area (TPSA) is 49.3 Å². The summed E-state index contributed by atoms with van der Waals surface area (Å²) in [6.07, 6.45) is -5.00. The molecule has 0 saturated heterocycles. The van der Waals surface area contributed by atoms with Gasteiger partial charge in [-0.3, -0.25) is 4.79 Å². The average molecular weight is 185 g/mol. The molecule has 1 unspecified atom stereocenters. The van der Waals surface area contributed by atoms with Crippen LogP contribution in [0, 0.1) is 0 Å². The van der Waals surface area contributed by atoms with Crippen LogP contribution in [0.1, 0.15) is 13.3 Å². The fraction of sp³-hybridized carbons (Fsp3) is 0.833. The van der Waals surface area contributed by atoms with E-state index in [0.717, 1.165) is 6.92 Å². The van der Waals surface area contributed by atoms with E-state index in [1.807, 2.05) is 0 Å². The molecule has 2 N–H and O–H groups in total. The Morgan fingerprint density at radius 1 is 1.58 bits per heavy atom. The van der Waals surface area contributed by atoms with E-state index in [4.69, 9.17) is 5.11 Å². The highest BCUT2D eigenvalue weighted by atomic mass is 19.4. The first-order chi connectivity index (χ1) is 5.38. The Hall–Kier alpha value is -0.780. The van der Waals surface area contributed by atoms with E-state index in [1.165, 1.54) is 0 Å². The van der Waals surface area contributed by atoms with E-state index >= 15 is 0 Å². The molecule has 3 nitrogen and oxygen atoms in total. The minimum atomic E-state index is -4.49. The molecule has 1 amide bonds. The summed E-state index contributed by atoms with van der Waals surface area (Å²) in [5.74, 6) is -0.759. The molecule has 72 valence electrons. The predicted octanol–water partition coefficient (Wildman–Crippen LogP) is 0.436. The number of carbonyl (C=O) groups is 1. The molecule has 0 fully saturated rings. The fourth-order valence-electron chi connectivity index (χ4n) is 0.692. The van der Waals surface area contributed by atoms with E-state index in [1.54, 1.807) is 5.32 Å². The van der Waals surface area contributed by atoms with Crippen molar-refractivity contribution in [1.82, 2.24) is 5.32 Å². The van der Waals surface area contributed by atoms with Gasteiger partial charge in [0.2, 0.25) is 5.91 Å². The van der Waals surface area contributed by atoms with Gasteiger partial charge in [-0.05, 0) is 6.42 Å². The first kappa shape index (κ1) is 11.2.